The van der Waals surface area contributed by atoms with Crippen molar-refractivity contribution in [2.45, 2.75) is 32.4 Å². The van der Waals surface area contributed by atoms with Gasteiger partial charge in [0.05, 0.1) is 6.61 Å². The van der Waals surface area contributed by atoms with Gasteiger partial charge in [-0.1, -0.05) is 30.3 Å². The molecule has 1 amide bonds. The van der Waals surface area contributed by atoms with Crippen molar-refractivity contribution < 1.29 is 14.3 Å². The van der Waals surface area contributed by atoms with Gasteiger partial charge in [-0.15, -0.1) is 0 Å². The van der Waals surface area contributed by atoms with Gasteiger partial charge in [-0.3, -0.25) is 4.79 Å². The van der Waals surface area contributed by atoms with E-state index in [9.17, 15) is 9.18 Å². The average molecular weight is 313 g/mol. The number of nitrogens with one attached hydrogen (secondary N) is 1. The molecule has 1 saturated carbocycles. The number of aryl methyl sites for hydroxylation is 1. The second-order valence-electron chi connectivity index (χ2n) is 6.11. The Morgan fingerprint density at radius 2 is 2.09 bits per heavy atom. The number of benzene rings is 2. The maximum atomic E-state index is 13.3. The highest BCUT2D eigenvalue weighted by Gasteiger charge is 2.44. The van der Waals surface area contributed by atoms with Crippen LogP contribution in [0.1, 0.15) is 34.6 Å². The lowest BCUT2D eigenvalue weighted by Crippen LogP contribution is -2.25. The summed E-state index contributed by atoms with van der Waals surface area (Å²) in [6.07, 6.45) is 0.877. The summed E-state index contributed by atoms with van der Waals surface area (Å²) in [5.74, 6) is -0.0659. The molecule has 0 aromatic heterocycles. The molecule has 0 bridgehead atoms. The van der Waals surface area contributed by atoms with Gasteiger partial charge < -0.3 is 10.4 Å². The van der Waals surface area contributed by atoms with Gasteiger partial charge >= 0.3 is 0 Å². The number of halogens is 1. The highest BCUT2D eigenvalue weighted by Crippen LogP contribution is 2.48. The Labute approximate surface area is 135 Å². The van der Waals surface area contributed by atoms with E-state index in [1.165, 1.54) is 17.2 Å². The summed E-state index contributed by atoms with van der Waals surface area (Å²) in [5.41, 5.74) is 3.51. The van der Waals surface area contributed by atoms with Crippen LogP contribution in [0, 0.1) is 18.7 Å². The molecule has 0 heterocycles. The van der Waals surface area contributed by atoms with Crippen molar-refractivity contribution in [1.29, 1.82) is 0 Å². The molecule has 120 valence electrons. The van der Waals surface area contributed by atoms with Crippen molar-refractivity contribution in [2.75, 3.05) is 0 Å². The minimum Gasteiger partial charge on any atom is -0.392 e. The highest BCUT2D eigenvalue weighted by molar-refractivity contribution is 5.83. The third-order valence-corrected chi connectivity index (χ3v) is 4.46. The largest absolute Gasteiger partial charge is 0.392 e. The van der Waals surface area contributed by atoms with Crippen molar-refractivity contribution in [1.82, 2.24) is 5.32 Å². The van der Waals surface area contributed by atoms with Crippen LogP contribution in [-0.4, -0.2) is 11.0 Å². The van der Waals surface area contributed by atoms with E-state index in [-0.39, 0.29) is 24.0 Å². The van der Waals surface area contributed by atoms with Crippen molar-refractivity contribution >= 4 is 5.91 Å². The maximum Gasteiger partial charge on any atom is 0.224 e. The van der Waals surface area contributed by atoms with Crippen LogP contribution in [0.2, 0.25) is 0 Å². The second kappa shape index (κ2) is 6.50. The molecule has 0 aliphatic heterocycles. The Morgan fingerprint density at radius 1 is 1.30 bits per heavy atom. The molecule has 2 atom stereocenters. The van der Waals surface area contributed by atoms with Crippen molar-refractivity contribution in [3.8, 4) is 0 Å². The number of amides is 1. The van der Waals surface area contributed by atoms with Gasteiger partial charge in [-0.2, -0.15) is 0 Å². The summed E-state index contributed by atoms with van der Waals surface area (Å²) in [7, 11) is 0. The zero-order chi connectivity index (χ0) is 16.4. The molecule has 2 N–H and O–H groups in total. The van der Waals surface area contributed by atoms with Crippen LogP contribution in [0.4, 0.5) is 4.39 Å². The summed E-state index contributed by atoms with van der Waals surface area (Å²) in [4.78, 5) is 12.3. The fraction of sp³-hybridized carbons (Fsp3) is 0.316. The Balaban J connectivity index is 1.58. The van der Waals surface area contributed by atoms with Crippen LogP contribution < -0.4 is 5.32 Å². The first-order chi connectivity index (χ1) is 11.1. The molecule has 1 aliphatic carbocycles. The Kier molecular flexibility index (Phi) is 4.44. The van der Waals surface area contributed by atoms with Crippen molar-refractivity contribution in [3.05, 3.63) is 70.5 Å². The molecule has 4 heteroatoms. The maximum absolute atomic E-state index is 13.3. The number of aliphatic hydroxyl groups excluding tert-OH is 1. The summed E-state index contributed by atoms with van der Waals surface area (Å²) in [5, 5.41) is 12.0. The molecule has 1 aliphatic rings. The van der Waals surface area contributed by atoms with E-state index in [0.29, 0.717) is 12.5 Å². The number of hydrogen-bond donors (Lipinski definition) is 2. The predicted octanol–water partition coefficient (Wildman–Crippen LogP) is 3.05. The van der Waals surface area contributed by atoms with E-state index in [1.807, 2.05) is 12.1 Å². The van der Waals surface area contributed by atoms with Crippen LogP contribution in [-0.2, 0) is 17.9 Å². The molecular formula is C19H20FNO2. The van der Waals surface area contributed by atoms with Crippen LogP contribution in [0.5, 0.6) is 0 Å². The first-order valence-corrected chi connectivity index (χ1v) is 7.81. The number of carbonyl (C=O) groups excluding carboxylic acids is 1. The second-order valence-corrected chi connectivity index (χ2v) is 6.11. The van der Waals surface area contributed by atoms with Gasteiger partial charge in [-0.25, -0.2) is 4.39 Å². The molecule has 3 rings (SSSR count). The monoisotopic (exact) mass is 313 g/mol. The van der Waals surface area contributed by atoms with Crippen molar-refractivity contribution in [2.24, 2.45) is 5.92 Å². The Bertz CT molecular complexity index is 729. The fourth-order valence-electron chi connectivity index (χ4n) is 3.01. The van der Waals surface area contributed by atoms with Gasteiger partial charge in [0, 0.05) is 18.0 Å². The van der Waals surface area contributed by atoms with E-state index >= 15 is 0 Å². The molecule has 2 aromatic carbocycles. The molecule has 0 spiro atoms. The van der Waals surface area contributed by atoms with E-state index in [2.05, 4.69) is 24.4 Å². The third kappa shape index (κ3) is 3.42. The lowest BCUT2D eigenvalue weighted by atomic mass is 10.0. The first-order valence-electron chi connectivity index (χ1n) is 7.81. The molecule has 1 fully saturated rings. The molecular weight excluding hydrogens is 293 g/mol. The van der Waals surface area contributed by atoms with Gasteiger partial charge in [0.15, 0.2) is 0 Å². The van der Waals surface area contributed by atoms with E-state index in [0.717, 1.165) is 12.0 Å². The quantitative estimate of drug-likeness (QED) is 0.891. The van der Waals surface area contributed by atoms with Gasteiger partial charge in [0.25, 0.3) is 0 Å². The Hall–Kier alpha value is -2.20. The smallest absolute Gasteiger partial charge is 0.224 e. The lowest BCUT2D eigenvalue weighted by Gasteiger charge is -2.08. The minimum atomic E-state index is -0.426. The Morgan fingerprint density at radius 3 is 2.83 bits per heavy atom. The molecule has 0 saturated heterocycles. The average Bonchev–Trinajstić information content (AvgIpc) is 3.34. The van der Waals surface area contributed by atoms with Gasteiger partial charge in [-0.05, 0) is 48.1 Å². The van der Waals surface area contributed by atoms with Crippen molar-refractivity contribution in [3.63, 3.8) is 0 Å². The molecule has 3 nitrogen and oxygen atoms in total. The fourth-order valence-corrected chi connectivity index (χ4v) is 3.01. The van der Waals surface area contributed by atoms with E-state index in [1.54, 1.807) is 12.1 Å². The van der Waals surface area contributed by atoms with Gasteiger partial charge in [0.2, 0.25) is 5.91 Å². The summed E-state index contributed by atoms with van der Waals surface area (Å²) < 4.78 is 13.3. The summed E-state index contributed by atoms with van der Waals surface area (Å²) in [6.45, 7) is 2.08. The third-order valence-electron chi connectivity index (χ3n) is 4.46. The van der Waals surface area contributed by atoms with Crippen LogP contribution >= 0.6 is 0 Å². The highest BCUT2D eigenvalue weighted by atomic mass is 19.1. The number of carbonyl (C=O) groups is 1. The number of rotatable bonds is 5. The topological polar surface area (TPSA) is 49.3 Å². The van der Waals surface area contributed by atoms with E-state index < -0.39 is 5.82 Å². The minimum absolute atomic E-state index is 0.0221. The van der Waals surface area contributed by atoms with E-state index in [4.69, 9.17) is 5.11 Å². The lowest BCUT2D eigenvalue weighted by molar-refractivity contribution is -0.122. The zero-order valence-corrected chi connectivity index (χ0v) is 13.1. The zero-order valence-electron chi connectivity index (χ0n) is 13.1. The summed E-state index contributed by atoms with van der Waals surface area (Å²) >= 11 is 0. The number of hydrogen-bond acceptors (Lipinski definition) is 2. The van der Waals surface area contributed by atoms with Crippen LogP contribution in [0.25, 0.3) is 0 Å². The van der Waals surface area contributed by atoms with Crippen LogP contribution in [0.3, 0.4) is 0 Å². The number of aliphatic hydroxyl groups is 1. The van der Waals surface area contributed by atoms with Gasteiger partial charge in [0.1, 0.15) is 5.82 Å². The molecule has 23 heavy (non-hydrogen) atoms. The molecule has 0 radical (unpaired) electrons. The molecule has 2 unspecified atom stereocenters. The van der Waals surface area contributed by atoms with Crippen LogP contribution in [0.15, 0.2) is 42.5 Å². The predicted molar refractivity (Wildman–Crippen MR) is 86.2 cm³/mol. The normalized spacial score (nSPS) is 19.4. The standard InChI is InChI=1S/C19H20FNO2/c1-12-4-2-3-5-15(12)16-9-17(16)19(23)21-10-13-6-7-18(20)14(8-13)11-22/h2-8,16-17,22H,9-11H2,1H3,(H,21,23). The SMILES string of the molecule is Cc1ccccc1C1CC1C(=O)NCc1ccc(F)c(CO)c1. The molecule has 2 aromatic rings. The first kappa shape index (κ1) is 15.7. The summed E-state index contributed by atoms with van der Waals surface area (Å²) in [6, 6.07) is 12.7.